The summed E-state index contributed by atoms with van der Waals surface area (Å²) >= 11 is 0. The van der Waals surface area contributed by atoms with Crippen molar-refractivity contribution in [3.05, 3.63) is 33.9 Å². The highest BCUT2D eigenvalue weighted by Crippen LogP contribution is 2.35. The van der Waals surface area contributed by atoms with E-state index in [0.717, 1.165) is 0 Å². The SMILES string of the molecule is COc1cccc(C(N)C(F)F)c1[N+](=O)[O-]. The van der Waals surface area contributed by atoms with E-state index in [1.807, 2.05) is 0 Å². The van der Waals surface area contributed by atoms with E-state index in [-0.39, 0.29) is 11.3 Å². The van der Waals surface area contributed by atoms with Gasteiger partial charge in [-0.1, -0.05) is 12.1 Å². The van der Waals surface area contributed by atoms with Gasteiger partial charge in [-0.15, -0.1) is 0 Å². The minimum atomic E-state index is -2.87. The van der Waals surface area contributed by atoms with Gasteiger partial charge in [0, 0.05) is 0 Å². The number of nitrogens with two attached hydrogens (primary N) is 1. The summed E-state index contributed by atoms with van der Waals surface area (Å²) < 4.78 is 29.5. The fourth-order valence-corrected chi connectivity index (χ4v) is 1.30. The first-order valence-corrected chi connectivity index (χ1v) is 4.34. The van der Waals surface area contributed by atoms with Gasteiger partial charge in [0.25, 0.3) is 6.43 Å². The number of methoxy groups -OCH3 is 1. The molecule has 1 atom stereocenters. The Bertz CT molecular complexity index is 398. The van der Waals surface area contributed by atoms with E-state index in [4.69, 9.17) is 10.5 Å². The van der Waals surface area contributed by atoms with Crippen LogP contribution in [0.2, 0.25) is 0 Å². The lowest BCUT2D eigenvalue weighted by molar-refractivity contribution is -0.386. The van der Waals surface area contributed by atoms with Crippen molar-refractivity contribution in [1.82, 2.24) is 0 Å². The van der Waals surface area contributed by atoms with Crippen LogP contribution in [0.15, 0.2) is 18.2 Å². The molecular weight excluding hydrogens is 222 g/mol. The maximum absolute atomic E-state index is 12.4. The normalized spacial score (nSPS) is 12.6. The summed E-state index contributed by atoms with van der Waals surface area (Å²) in [5.74, 6) is -0.0846. The summed E-state index contributed by atoms with van der Waals surface area (Å²) in [4.78, 5) is 9.97. The Morgan fingerprint density at radius 2 is 2.12 bits per heavy atom. The smallest absolute Gasteiger partial charge is 0.315 e. The fourth-order valence-electron chi connectivity index (χ4n) is 1.30. The van der Waals surface area contributed by atoms with Crippen molar-refractivity contribution < 1.29 is 18.4 Å². The summed E-state index contributed by atoms with van der Waals surface area (Å²) in [6.07, 6.45) is -2.87. The molecule has 5 nitrogen and oxygen atoms in total. The summed E-state index contributed by atoms with van der Waals surface area (Å²) in [6, 6.07) is 2.19. The van der Waals surface area contributed by atoms with Crippen LogP contribution in [-0.2, 0) is 0 Å². The van der Waals surface area contributed by atoms with E-state index < -0.39 is 23.1 Å². The van der Waals surface area contributed by atoms with E-state index in [1.54, 1.807) is 0 Å². The van der Waals surface area contributed by atoms with Crippen molar-refractivity contribution in [1.29, 1.82) is 0 Å². The molecule has 1 rings (SSSR count). The molecule has 0 fully saturated rings. The molecule has 0 radical (unpaired) electrons. The fraction of sp³-hybridized carbons (Fsp3) is 0.333. The zero-order valence-corrected chi connectivity index (χ0v) is 8.39. The van der Waals surface area contributed by atoms with Crippen molar-refractivity contribution >= 4 is 5.69 Å². The first kappa shape index (κ1) is 12.3. The molecule has 0 saturated carbocycles. The Kier molecular flexibility index (Phi) is 3.73. The van der Waals surface area contributed by atoms with E-state index in [1.165, 1.54) is 25.3 Å². The predicted octanol–water partition coefficient (Wildman–Crippen LogP) is 1.87. The molecule has 7 heteroatoms. The Hall–Kier alpha value is -1.76. The summed E-state index contributed by atoms with van der Waals surface area (Å²) in [5.41, 5.74) is 4.44. The second-order valence-electron chi connectivity index (χ2n) is 3.02. The highest BCUT2D eigenvalue weighted by atomic mass is 19.3. The van der Waals surface area contributed by atoms with Crippen LogP contribution in [-0.4, -0.2) is 18.5 Å². The molecule has 0 amide bonds. The number of nitrogens with zero attached hydrogens (tertiary/aromatic N) is 1. The first-order valence-electron chi connectivity index (χ1n) is 4.34. The third-order valence-corrected chi connectivity index (χ3v) is 2.06. The Labute approximate surface area is 90.0 Å². The number of benzene rings is 1. The lowest BCUT2D eigenvalue weighted by Crippen LogP contribution is -2.20. The molecule has 0 aliphatic carbocycles. The minimum Gasteiger partial charge on any atom is -0.490 e. The molecule has 0 aliphatic heterocycles. The number of hydrogen-bond acceptors (Lipinski definition) is 4. The maximum Gasteiger partial charge on any atom is 0.315 e. The third-order valence-electron chi connectivity index (χ3n) is 2.06. The van der Waals surface area contributed by atoms with Crippen LogP contribution in [0.4, 0.5) is 14.5 Å². The molecule has 0 spiro atoms. The molecule has 0 aliphatic rings. The number of nitro groups is 1. The van der Waals surface area contributed by atoms with Crippen molar-refractivity contribution in [3.63, 3.8) is 0 Å². The van der Waals surface area contributed by atoms with Crippen molar-refractivity contribution in [3.8, 4) is 5.75 Å². The van der Waals surface area contributed by atoms with Crippen LogP contribution in [0.5, 0.6) is 5.75 Å². The lowest BCUT2D eigenvalue weighted by atomic mass is 10.1. The molecule has 1 aromatic carbocycles. The number of hydrogen-bond donors (Lipinski definition) is 1. The summed E-state index contributed by atoms with van der Waals surface area (Å²) in [7, 11) is 1.22. The van der Waals surface area contributed by atoms with Gasteiger partial charge in [-0.25, -0.2) is 8.78 Å². The summed E-state index contributed by atoms with van der Waals surface area (Å²) in [5, 5.41) is 10.8. The highest BCUT2D eigenvalue weighted by molar-refractivity contribution is 5.54. The monoisotopic (exact) mass is 232 g/mol. The molecule has 0 saturated heterocycles. The highest BCUT2D eigenvalue weighted by Gasteiger charge is 2.29. The molecule has 1 aromatic rings. The Morgan fingerprint density at radius 3 is 2.56 bits per heavy atom. The van der Waals surface area contributed by atoms with Gasteiger partial charge in [-0.05, 0) is 6.07 Å². The van der Waals surface area contributed by atoms with Crippen LogP contribution >= 0.6 is 0 Å². The van der Waals surface area contributed by atoms with Gasteiger partial charge in [0.2, 0.25) is 0 Å². The number of nitro benzene ring substituents is 1. The van der Waals surface area contributed by atoms with Gasteiger partial charge >= 0.3 is 5.69 Å². The largest absolute Gasteiger partial charge is 0.490 e. The molecule has 2 N–H and O–H groups in total. The molecular formula is C9H10F2N2O3. The molecule has 0 aromatic heterocycles. The van der Waals surface area contributed by atoms with E-state index in [2.05, 4.69) is 0 Å². The Balaban J connectivity index is 3.33. The van der Waals surface area contributed by atoms with E-state index >= 15 is 0 Å². The molecule has 1 unspecified atom stereocenters. The van der Waals surface area contributed by atoms with Crippen molar-refractivity contribution in [2.45, 2.75) is 12.5 Å². The predicted molar refractivity (Wildman–Crippen MR) is 52.6 cm³/mol. The first-order chi connectivity index (χ1) is 7.49. The van der Waals surface area contributed by atoms with Crippen LogP contribution in [0.25, 0.3) is 0 Å². The van der Waals surface area contributed by atoms with Crippen molar-refractivity contribution in [2.75, 3.05) is 7.11 Å². The van der Waals surface area contributed by atoms with Gasteiger partial charge < -0.3 is 10.5 Å². The third kappa shape index (κ3) is 2.25. The van der Waals surface area contributed by atoms with Gasteiger partial charge in [-0.2, -0.15) is 0 Å². The standard InChI is InChI=1S/C9H10F2N2O3/c1-16-6-4-2-3-5(7(12)9(10)11)8(6)13(14)15/h2-4,7,9H,12H2,1H3. The van der Waals surface area contributed by atoms with E-state index in [0.29, 0.717) is 0 Å². The van der Waals surface area contributed by atoms with Crippen LogP contribution in [0.3, 0.4) is 0 Å². The Morgan fingerprint density at radius 1 is 1.50 bits per heavy atom. The van der Waals surface area contributed by atoms with Crippen LogP contribution in [0, 0.1) is 10.1 Å². The zero-order valence-electron chi connectivity index (χ0n) is 8.39. The topological polar surface area (TPSA) is 78.4 Å². The average molecular weight is 232 g/mol. The average Bonchev–Trinajstić information content (AvgIpc) is 2.26. The number of ether oxygens (including phenoxy) is 1. The van der Waals surface area contributed by atoms with Crippen molar-refractivity contribution in [2.24, 2.45) is 5.73 Å². The minimum absolute atomic E-state index is 0.0846. The lowest BCUT2D eigenvalue weighted by Gasteiger charge is -2.12. The second-order valence-corrected chi connectivity index (χ2v) is 3.02. The van der Waals surface area contributed by atoms with Gasteiger partial charge in [-0.3, -0.25) is 10.1 Å². The quantitative estimate of drug-likeness (QED) is 0.634. The number of halogens is 2. The molecule has 88 valence electrons. The number of rotatable bonds is 4. The van der Waals surface area contributed by atoms with E-state index in [9.17, 15) is 18.9 Å². The second kappa shape index (κ2) is 4.84. The van der Waals surface area contributed by atoms with Gasteiger partial charge in [0.1, 0.15) is 0 Å². The molecule has 0 heterocycles. The van der Waals surface area contributed by atoms with Gasteiger partial charge in [0.15, 0.2) is 5.75 Å². The maximum atomic E-state index is 12.4. The van der Waals surface area contributed by atoms with Crippen LogP contribution in [0.1, 0.15) is 11.6 Å². The summed E-state index contributed by atoms with van der Waals surface area (Å²) in [6.45, 7) is 0. The van der Waals surface area contributed by atoms with Crippen LogP contribution < -0.4 is 10.5 Å². The molecule has 16 heavy (non-hydrogen) atoms. The number of alkyl halides is 2. The molecule has 0 bridgehead atoms. The number of para-hydroxylation sites is 1. The van der Waals surface area contributed by atoms with Gasteiger partial charge in [0.05, 0.1) is 23.6 Å². The zero-order chi connectivity index (χ0) is 12.3.